The van der Waals surface area contributed by atoms with E-state index >= 15 is 0 Å². The lowest BCUT2D eigenvalue weighted by molar-refractivity contribution is 0.301. The highest BCUT2D eigenvalue weighted by Gasteiger charge is 2.00. The first kappa shape index (κ1) is 10.2. The number of nitrogens with one attached hydrogen (secondary N) is 1. The van der Waals surface area contributed by atoms with E-state index in [0.29, 0.717) is 6.67 Å². The van der Waals surface area contributed by atoms with Crippen molar-refractivity contribution in [2.45, 2.75) is 13.5 Å². The fourth-order valence-corrected chi connectivity index (χ4v) is 1.29. The Bertz CT molecular complexity index is 260. The normalized spacial score (nSPS) is 10.8. The molecule has 3 N–H and O–H groups in total. The number of rotatable bonds is 4. The van der Waals surface area contributed by atoms with Gasteiger partial charge in [0.1, 0.15) is 0 Å². The van der Waals surface area contributed by atoms with E-state index < -0.39 is 0 Å². The van der Waals surface area contributed by atoms with E-state index in [0.717, 1.165) is 6.54 Å². The first-order valence-corrected chi connectivity index (χ1v) is 4.40. The highest BCUT2D eigenvalue weighted by molar-refractivity contribution is 5.25. The second-order valence-corrected chi connectivity index (χ2v) is 3.30. The molecular weight excluding hydrogens is 162 g/mol. The Labute approximate surface area is 79.5 Å². The average molecular weight is 179 g/mol. The molecule has 13 heavy (non-hydrogen) atoms. The summed E-state index contributed by atoms with van der Waals surface area (Å²) in [5.74, 6) is 5.23. The van der Waals surface area contributed by atoms with Gasteiger partial charge in [-0.2, -0.15) is 0 Å². The number of nitrogens with zero attached hydrogens (tertiary/aromatic N) is 1. The summed E-state index contributed by atoms with van der Waals surface area (Å²) in [5.41, 5.74) is 5.31. The van der Waals surface area contributed by atoms with Gasteiger partial charge in [-0.25, -0.2) is 5.43 Å². The molecule has 0 bridgehead atoms. The van der Waals surface area contributed by atoms with Crippen LogP contribution in [-0.4, -0.2) is 18.6 Å². The van der Waals surface area contributed by atoms with E-state index in [9.17, 15) is 0 Å². The third kappa shape index (κ3) is 3.14. The Kier molecular flexibility index (Phi) is 3.89. The summed E-state index contributed by atoms with van der Waals surface area (Å²) in [4.78, 5) is 2.13. The molecule has 1 rings (SSSR count). The van der Waals surface area contributed by atoms with E-state index in [1.54, 1.807) is 0 Å². The number of nitrogens with two attached hydrogens (primary N) is 1. The number of benzene rings is 1. The maximum atomic E-state index is 5.23. The molecule has 0 aliphatic carbocycles. The van der Waals surface area contributed by atoms with Crippen LogP contribution in [0.15, 0.2) is 24.3 Å². The molecule has 0 aliphatic rings. The highest BCUT2D eigenvalue weighted by Crippen LogP contribution is 2.08. The zero-order valence-corrected chi connectivity index (χ0v) is 8.25. The van der Waals surface area contributed by atoms with Crippen molar-refractivity contribution in [2.24, 2.45) is 5.84 Å². The van der Waals surface area contributed by atoms with E-state index in [2.05, 4.69) is 41.5 Å². The molecule has 1 aromatic rings. The lowest BCUT2D eigenvalue weighted by atomic mass is 10.1. The Morgan fingerprint density at radius 3 is 2.69 bits per heavy atom. The van der Waals surface area contributed by atoms with E-state index in [-0.39, 0.29) is 0 Å². The monoisotopic (exact) mass is 179 g/mol. The first-order chi connectivity index (χ1) is 6.24. The number of hydrogen-bond acceptors (Lipinski definition) is 3. The second kappa shape index (κ2) is 4.97. The van der Waals surface area contributed by atoms with Crippen LogP contribution >= 0.6 is 0 Å². The van der Waals surface area contributed by atoms with Crippen LogP contribution in [0, 0.1) is 6.92 Å². The largest absolute Gasteiger partial charge is 0.288 e. The van der Waals surface area contributed by atoms with Crippen LogP contribution in [0.4, 0.5) is 0 Å². The maximum absolute atomic E-state index is 5.23. The first-order valence-electron chi connectivity index (χ1n) is 4.40. The van der Waals surface area contributed by atoms with Crippen molar-refractivity contribution in [3.63, 3.8) is 0 Å². The summed E-state index contributed by atoms with van der Waals surface area (Å²) < 4.78 is 0. The molecular formula is C10H17N3. The average Bonchev–Trinajstić information content (AvgIpc) is 2.09. The molecule has 0 aromatic heterocycles. The van der Waals surface area contributed by atoms with Gasteiger partial charge in [-0.15, -0.1) is 0 Å². The van der Waals surface area contributed by atoms with Crippen molar-refractivity contribution in [2.75, 3.05) is 13.7 Å². The molecule has 0 fully saturated rings. The van der Waals surface area contributed by atoms with Gasteiger partial charge in [-0.3, -0.25) is 10.7 Å². The quantitative estimate of drug-likeness (QED) is 0.409. The fourth-order valence-electron chi connectivity index (χ4n) is 1.29. The van der Waals surface area contributed by atoms with Gasteiger partial charge in [0, 0.05) is 6.54 Å². The summed E-state index contributed by atoms with van der Waals surface area (Å²) in [6.07, 6.45) is 0. The van der Waals surface area contributed by atoms with Crippen molar-refractivity contribution in [1.82, 2.24) is 10.3 Å². The minimum Gasteiger partial charge on any atom is -0.288 e. The molecule has 0 atom stereocenters. The maximum Gasteiger partial charge on any atom is 0.0612 e. The van der Waals surface area contributed by atoms with E-state index in [1.807, 2.05) is 7.05 Å². The van der Waals surface area contributed by atoms with Crippen LogP contribution < -0.4 is 11.3 Å². The Morgan fingerprint density at radius 2 is 2.08 bits per heavy atom. The van der Waals surface area contributed by atoms with Gasteiger partial charge in [0.15, 0.2) is 0 Å². The summed E-state index contributed by atoms with van der Waals surface area (Å²) in [5, 5.41) is 0. The molecule has 0 amide bonds. The fraction of sp³-hybridized carbons (Fsp3) is 0.400. The summed E-state index contributed by atoms with van der Waals surface area (Å²) in [6.45, 7) is 3.75. The van der Waals surface area contributed by atoms with Crippen LogP contribution in [0.1, 0.15) is 11.1 Å². The smallest absolute Gasteiger partial charge is 0.0612 e. The van der Waals surface area contributed by atoms with Gasteiger partial charge in [0.2, 0.25) is 0 Å². The van der Waals surface area contributed by atoms with Crippen molar-refractivity contribution < 1.29 is 0 Å². The van der Waals surface area contributed by atoms with E-state index in [1.165, 1.54) is 11.1 Å². The van der Waals surface area contributed by atoms with Gasteiger partial charge in [0.05, 0.1) is 6.67 Å². The lowest BCUT2D eigenvalue weighted by Gasteiger charge is -2.16. The SMILES string of the molecule is Cc1ccccc1CN(C)CNN. The zero-order chi connectivity index (χ0) is 9.68. The molecule has 1 aromatic carbocycles. The summed E-state index contributed by atoms with van der Waals surface area (Å²) >= 11 is 0. The zero-order valence-electron chi connectivity index (χ0n) is 8.25. The lowest BCUT2D eigenvalue weighted by Crippen LogP contribution is -2.35. The molecule has 0 aliphatic heterocycles. The molecule has 3 nitrogen and oxygen atoms in total. The third-order valence-electron chi connectivity index (χ3n) is 2.06. The molecule has 0 saturated heterocycles. The third-order valence-corrected chi connectivity index (χ3v) is 2.06. The van der Waals surface area contributed by atoms with Crippen LogP contribution in [-0.2, 0) is 6.54 Å². The van der Waals surface area contributed by atoms with Crippen molar-refractivity contribution in [3.8, 4) is 0 Å². The summed E-state index contributed by atoms with van der Waals surface area (Å²) in [7, 11) is 2.03. The molecule has 0 heterocycles. The number of hydrogen-bond donors (Lipinski definition) is 2. The second-order valence-electron chi connectivity index (χ2n) is 3.30. The van der Waals surface area contributed by atoms with Crippen LogP contribution in [0.5, 0.6) is 0 Å². The molecule has 0 unspecified atom stereocenters. The number of hydrazine groups is 1. The molecule has 72 valence electrons. The Morgan fingerprint density at radius 1 is 1.38 bits per heavy atom. The predicted molar refractivity (Wildman–Crippen MR) is 54.8 cm³/mol. The van der Waals surface area contributed by atoms with Crippen molar-refractivity contribution in [3.05, 3.63) is 35.4 Å². The highest BCUT2D eigenvalue weighted by atomic mass is 15.3. The number of aryl methyl sites for hydroxylation is 1. The van der Waals surface area contributed by atoms with Gasteiger partial charge >= 0.3 is 0 Å². The Hall–Kier alpha value is -0.900. The molecule has 0 saturated carbocycles. The van der Waals surface area contributed by atoms with Crippen LogP contribution in [0.2, 0.25) is 0 Å². The van der Waals surface area contributed by atoms with Gasteiger partial charge in [0.25, 0.3) is 0 Å². The van der Waals surface area contributed by atoms with Gasteiger partial charge in [-0.1, -0.05) is 24.3 Å². The van der Waals surface area contributed by atoms with Crippen molar-refractivity contribution >= 4 is 0 Å². The molecule has 3 heteroatoms. The molecule has 0 radical (unpaired) electrons. The predicted octanol–water partition coefficient (Wildman–Crippen LogP) is 0.848. The van der Waals surface area contributed by atoms with Gasteiger partial charge in [-0.05, 0) is 25.1 Å². The standard InChI is InChI=1S/C10H17N3/c1-9-5-3-4-6-10(9)7-13(2)8-12-11/h3-6,12H,7-8,11H2,1-2H3. The minimum absolute atomic E-state index is 0.703. The Balaban J connectivity index is 2.58. The van der Waals surface area contributed by atoms with E-state index in [4.69, 9.17) is 5.84 Å². The topological polar surface area (TPSA) is 41.3 Å². The minimum atomic E-state index is 0.703. The van der Waals surface area contributed by atoms with Crippen LogP contribution in [0.25, 0.3) is 0 Å². The van der Waals surface area contributed by atoms with Crippen LogP contribution in [0.3, 0.4) is 0 Å². The van der Waals surface area contributed by atoms with Gasteiger partial charge < -0.3 is 0 Å². The summed E-state index contributed by atoms with van der Waals surface area (Å²) in [6, 6.07) is 8.38. The van der Waals surface area contributed by atoms with Crippen molar-refractivity contribution in [1.29, 1.82) is 0 Å². The molecule has 0 spiro atoms.